The van der Waals surface area contributed by atoms with E-state index in [4.69, 9.17) is 9.47 Å². The smallest absolute Gasteiger partial charge is 0.312 e. The van der Waals surface area contributed by atoms with Crippen LogP contribution in [-0.4, -0.2) is 94.2 Å². The van der Waals surface area contributed by atoms with Crippen LogP contribution in [0.15, 0.2) is 25.3 Å². The number of allylic oxidation sites excluding steroid dienone is 1. The largest absolute Gasteiger partial charge is 0.460 e. The number of carbonyl (C=O) groups is 4. The Balaban J connectivity index is 1.57. The molecule has 3 aliphatic heterocycles. The molecule has 0 unspecified atom stereocenters. The Morgan fingerprint density at radius 3 is 2.58 bits per heavy atom. The molecule has 2 N–H and O–H groups in total. The first-order valence-corrected chi connectivity index (χ1v) is 14.8. The van der Waals surface area contributed by atoms with Gasteiger partial charge in [0.1, 0.15) is 17.7 Å². The highest BCUT2D eigenvalue weighted by atomic mass is 16.6. The van der Waals surface area contributed by atoms with Gasteiger partial charge in [0.15, 0.2) is 0 Å². The fourth-order valence-corrected chi connectivity index (χ4v) is 7.21. The van der Waals surface area contributed by atoms with Crippen LogP contribution in [0.25, 0.3) is 0 Å². The minimum absolute atomic E-state index is 0.0537. The van der Waals surface area contributed by atoms with E-state index < -0.39 is 47.7 Å². The van der Waals surface area contributed by atoms with E-state index in [1.807, 2.05) is 4.90 Å². The number of hydrogen-bond donors (Lipinski definition) is 2. The van der Waals surface area contributed by atoms with Crippen LogP contribution in [0.4, 0.5) is 0 Å². The zero-order valence-corrected chi connectivity index (χ0v) is 23.9. The molecule has 222 valence electrons. The second-order valence-electron chi connectivity index (χ2n) is 11.8. The average Bonchev–Trinajstić information content (AvgIpc) is 3.60. The lowest BCUT2D eigenvalue weighted by Gasteiger charge is -2.41. The van der Waals surface area contributed by atoms with Gasteiger partial charge in [-0.25, -0.2) is 0 Å². The third kappa shape index (κ3) is 5.57. The second kappa shape index (κ2) is 12.9. The van der Waals surface area contributed by atoms with Gasteiger partial charge in [0, 0.05) is 19.0 Å². The summed E-state index contributed by atoms with van der Waals surface area (Å²) < 4.78 is 12.2. The van der Waals surface area contributed by atoms with Crippen LogP contribution in [0, 0.1) is 11.8 Å². The standard InChI is InChI=1S/C30H45N3O7/c1-5-7-13-23(35)31-17-20(4)39-29(38)24-22-14-15-30(40-22)25(24)27(36)33(19(3)18-34)26(30)28(37)32(16-6-2)21-11-9-8-10-12-21/h5-6,19-22,24-26,34H,1-2,7-18H2,3-4H3,(H,31,35)/t19-,20+,22-,24+,25+,26-,30+/m1/s1. The van der Waals surface area contributed by atoms with Crippen molar-refractivity contribution in [3.63, 3.8) is 0 Å². The van der Waals surface area contributed by atoms with Gasteiger partial charge in [-0.3, -0.25) is 19.2 Å². The van der Waals surface area contributed by atoms with E-state index in [1.165, 1.54) is 4.90 Å². The molecule has 1 aliphatic carbocycles. The van der Waals surface area contributed by atoms with Crippen molar-refractivity contribution >= 4 is 23.7 Å². The summed E-state index contributed by atoms with van der Waals surface area (Å²) in [5.74, 6) is -2.99. The number of hydrogen-bond acceptors (Lipinski definition) is 7. The summed E-state index contributed by atoms with van der Waals surface area (Å²) in [6, 6.07) is -1.50. The molecule has 4 aliphatic rings. The molecule has 4 fully saturated rings. The van der Waals surface area contributed by atoms with E-state index in [0.29, 0.717) is 32.2 Å². The van der Waals surface area contributed by atoms with Gasteiger partial charge in [-0.05, 0) is 46.0 Å². The van der Waals surface area contributed by atoms with Crippen molar-refractivity contribution in [3.05, 3.63) is 25.3 Å². The molecule has 2 bridgehead atoms. The monoisotopic (exact) mass is 559 g/mol. The van der Waals surface area contributed by atoms with Crippen molar-refractivity contribution in [3.8, 4) is 0 Å². The number of carbonyl (C=O) groups excluding carboxylic acids is 4. The lowest BCUT2D eigenvalue weighted by Crippen LogP contribution is -2.60. The van der Waals surface area contributed by atoms with Gasteiger partial charge in [0.2, 0.25) is 17.7 Å². The van der Waals surface area contributed by atoms with Gasteiger partial charge in [-0.15, -0.1) is 13.2 Å². The molecule has 10 nitrogen and oxygen atoms in total. The van der Waals surface area contributed by atoms with Crippen LogP contribution in [0.3, 0.4) is 0 Å². The predicted octanol–water partition coefficient (Wildman–Crippen LogP) is 2.10. The SMILES string of the molecule is C=CCCC(=O)NC[C@H](C)OC(=O)[C@@H]1[C@H]2C(=O)N([C@H](C)CO)[C@H](C(=O)N(CC=C)C3CCCCC3)[C@]23CC[C@H]1O3. The number of amides is 3. The zero-order chi connectivity index (χ0) is 29.0. The molecule has 1 saturated carbocycles. The maximum Gasteiger partial charge on any atom is 0.312 e. The van der Waals surface area contributed by atoms with Crippen molar-refractivity contribution in [2.24, 2.45) is 11.8 Å². The Labute approximate surface area is 237 Å². The third-order valence-corrected chi connectivity index (χ3v) is 9.09. The highest BCUT2D eigenvalue weighted by molar-refractivity contribution is 5.98. The maximum absolute atomic E-state index is 14.4. The molecule has 0 aromatic carbocycles. The van der Waals surface area contributed by atoms with Gasteiger partial charge in [-0.1, -0.05) is 31.4 Å². The summed E-state index contributed by atoms with van der Waals surface area (Å²) in [4.78, 5) is 57.2. The number of fused-ring (bicyclic) bond motifs is 1. The minimum Gasteiger partial charge on any atom is -0.460 e. The molecule has 4 rings (SSSR count). The van der Waals surface area contributed by atoms with Crippen molar-refractivity contribution in [2.45, 2.75) is 108 Å². The van der Waals surface area contributed by atoms with E-state index >= 15 is 0 Å². The molecule has 0 aromatic heterocycles. The van der Waals surface area contributed by atoms with Gasteiger partial charge >= 0.3 is 5.97 Å². The fourth-order valence-electron chi connectivity index (χ4n) is 7.21. The number of esters is 1. The van der Waals surface area contributed by atoms with Gasteiger partial charge < -0.3 is 29.7 Å². The quantitative estimate of drug-likeness (QED) is 0.262. The van der Waals surface area contributed by atoms with E-state index in [1.54, 1.807) is 26.0 Å². The van der Waals surface area contributed by atoms with Crippen molar-refractivity contribution < 1.29 is 33.8 Å². The molecule has 0 aromatic rings. The van der Waals surface area contributed by atoms with Crippen LogP contribution in [-0.2, 0) is 28.7 Å². The number of ether oxygens (including phenoxy) is 2. The highest BCUT2D eigenvalue weighted by Gasteiger charge is 2.75. The highest BCUT2D eigenvalue weighted by Crippen LogP contribution is 2.59. The third-order valence-electron chi connectivity index (χ3n) is 9.09. The normalized spacial score (nSPS) is 30.9. The fraction of sp³-hybridized carbons (Fsp3) is 0.733. The topological polar surface area (TPSA) is 125 Å². The lowest BCUT2D eigenvalue weighted by atomic mass is 9.70. The summed E-state index contributed by atoms with van der Waals surface area (Å²) >= 11 is 0. The molecule has 1 spiro atoms. The molecule has 3 amide bonds. The van der Waals surface area contributed by atoms with Gasteiger partial charge in [-0.2, -0.15) is 0 Å². The van der Waals surface area contributed by atoms with Crippen LogP contribution in [0.5, 0.6) is 0 Å². The Kier molecular flexibility index (Phi) is 9.72. The van der Waals surface area contributed by atoms with Crippen molar-refractivity contribution in [2.75, 3.05) is 19.7 Å². The summed E-state index contributed by atoms with van der Waals surface area (Å²) in [7, 11) is 0. The molecule has 40 heavy (non-hydrogen) atoms. The van der Waals surface area contributed by atoms with Gasteiger partial charge in [0.05, 0.1) is 37.1 Å². The first-order chi connectivity index (χ1) is 19.2. The number of aliphatic hydroxyl groups is 1. The summed E-state index contributed by atoms with van der Waals surface area (Å²) in [6.07, 6.45) is 9.13. The Hall–Kier alpha value is -2.72. The molecular weight excluding hydrogens is 514 g/mol. The molecular formula is C30H45N3O7. The lowest BCUT2D eigenvalue weighted by molar-refractivity contribution is -0.160. The van der Waals surface area contributed by atoms with Crippen molar-refractivity contribution in [1.82, 2.24) is 15.1 Å². The van der Waals surface area contributed by atoms with Crippen LogP contribution in [0.2, 0.25) is 0 Å². The van der Waals surface area contributed by atoms with E-state index in [2.05, 4.69) is 18.5 Å². The Bertz CT molecular complexity index is 996. The van der Waals surface area contributed by atoms with Crippen molar-refractivity contribution in [1.29, 1.82) is 0 Å². The predicted molar refractivity (Wildman–Crippen MR) is 148 cm³/mol. The molecule has 7 atom stereocenters. The van der Waals surface area contributed by atoms with Crippen LogP contribution >= 0.6 is 0 Å². The van der Waals surface area contributed by atoms with E-state index in [-0.39, 0.29) is 36.9 Å². The Morgan fingerprint density at radius 2 is 1.93 bits per heavy atom. The Morgan fingerprint density at radius 1 is 1.20 bits per heavy atom. The summed E-state index contributed by atoms with van der Waals surface area (Å²) in [5.41, 5.74) is -1.15. The molecule has 3 saturated heterocycles. The number of nitrogens with one attached hydrogen (secondary N) is 1. The minimum atomic E-state index is -1.15. The summed E-state index contributed by atoms with van der Waals surface area (Å²) in [6.45, 7) is 11.1. The van der Waals surface area contributed by atoms with Crippen LogP contribution in [0.1, 0.15) is 71.6 Å². The second-order valence-corrected chi connectivity index (χ2v) is 11.8. The van der Waals surface area contributed by atoms with E-state index in [9.17, 15) is 24.3 Å². The van der Waals surface area contributed by atoms with Crippen LogP contribution < -0.4 is 5.32 Å². The number of likely N-dealkylation sites (tertiary alicyclic amines) is 1. The number of aliphatic hydroxyl groups excluding tert-OH is 1. The first-order valence-electron chi connectivity index (χ1n) is 14.8. The van der Waals surface area contributed by atoms with E-state index in [0.717, 1.165) is 32.1 Å². The number of rotatable bonds is 13. The van der Waals surface area contributed by atoms with Gasteiger partial charge in [0.25, 0.3) is 0 Å². The molecule has 10 heteroatoms. The molecule has 0 radical (unpaired) electrons. The molecule has 3 heterocycles. The zero-order valence-electron chi connectivity index (χ0n) is 23.9. The maximum atomic E-state index is 14.4. The number of nitrogens with zero attached hydrogens (tertiary/aromatic N) is 2. The first kappa shape index (κ1) is 30.2. The average molecular weight is 560 g/mol. The summed E-state index contributed by atoms with van der Waals surface area (Å²) in [5, 5.41) is 12.8.